The van der Waals surface area contributed by atoms with Crippen LogP contribution in [-0.4, -0.2) is 24.5 Å². The SMILES string of the molecule is Cc1ccc2c(n1)oc1c(-c3cccc(Oc4cccc(-c5nccn5-c5c(C(C)C)cccc5C(C)C)n4)n3)cccc12. The lowest BCUT2D eigenvalue weighted by atomic mass is 9.92. The molecule has 0 N–H and O–H groups in total. The number of fused-ring (bicyclic) bond motifs is 3. The number of aromatic nitrogens is 5. The molecule has 218 valence electrons. The molecule has 7 heteroatoms. The molecule has 7 nitrogen and oxygen atoms in total. The predicted octanol–water partition coefficient (Wildman–Crippen LogP) is 9.64. The van der Waals surface area contributed by atoms with Crippen LogP contribution in [0.5, 0.6) is 11.8 Å². The van der Waals surface area contributed by atoms with Gasteiger partial charge in [-0.1, -0.05) is 70.2 Å². The highest BCUT2D eigenvalue weighted by Gasteiger charge is 2.20. The maximum atomic E-state index is 6.23. The van der Waals surface area contributed by atoms with Crippen molar-refractivity contribution in [3.05, 3.63) is 114 Å². The van der Waals surface area contributed by atoms with Gasteiger partial charge in [-0.25, -0.2) is 19.9 Å². The summed E-state index contributed by atoms with van der Waals surface area (Å²) in [6.07, 6.45) is 3.84. The van der Waals surface area contributed by atoms with Crippen molar-refractivity contribution in [3.8, 4) is 40.2 Å². The van der Waals surface area contributed by atoms with Gasteiger partial charge in [-0.2, -0.15) is 0 Å². The molecule has 5 aromatic heterocycles. The maximum absolute atomic E-state index is 6.23. The monoisotopic (exact) mass is 579 g/mol. The minimum absolute atomic E-state index is 0.353. The van der Waals surface area contributed by atoms with Gasteiger partial charge in [-0.05, 0) is 60.2 Å². The zero-order valence-corrected chi connectivity index (χ0v) is 25.4. The zero-order chi connectivity index (χ0) is 30.4. The Morgan fingerprint density at radius 2 is 1.34 bits per heavy atom. The summed E-state index contributed by atoms with van der Waals surface area (Å²) in [4.78, 5) is 19.0. The van der Waals surface area contributed by atoms with Crippen molar-refractivity contribution >= 4 is 22.1 Å². The fourth-order valence-corrected chi connectivity index (χ4v) is 5.76. The minimum atomic E-state index is 0.353. The van der Waals surface area contributed by atoms with Crippen molar-refractivity contribution in [1.29, 1.82) is 0 Å². The number of benzene rings is 2. The molecular weight excluding hydrogens is 546 g/mol. The first kappa shape index (κ1) is 27.5. The molecule has 0 aliphatic rings. The van der Waals surface area contributed by atoms with E-state index in [1.165, 1.54) is 11.1 Å². The average Bonchev–Trinajstić information content (AvgIpc) is 3.65. The molecule has 0 aliphatic heterocycles. The summed E-state index contributed by atoms with van der Waals surface area (Å²) < 4.78 is 14.6. The highest BCUT2D eigenvalue weighted by atomic mass is 16.5. The second-order valence-corrected chi connectivity index (χ2v) is 11.6. The van der Waals surface area contributed by atoms with E-state index in [0.717, 1.165) is 44.8 Å². The Labute approximate surface area is 256 Å². The first-order valence-electron chi connectivity index (χ1n) is 15.0. The molecule has 2 aromatic carbocycles. The van der Waals surface area contributed by atoms with Gasteiger partial charge in [0.1, 0.15) is 11.3 Å². The van der Waals surface area contributed by atoms with Gasteiger partial charge in [0.15, 0.2) is 5.82 Å². The van der Waals surface area contributed by atoms with Gasteiger partial charge in [0.05, 0.1) is 11.4 Å². The summed E-state index contributed by atoms with van der Waals surface area (Å²) >= 11 is 0. The van der Waals surface area contributed by atoms with Crippen LogP contribution in [0.1, 0.15) is 56.4 Å². The van der Waals surface area contributed by atoms with E-state index < -0.39 is 0 Å². The fraction of sp³-hybridized carbons (Fsp3) is 0.189. The maximum Gasteiger partial charge on any atom is 0.227 e. The van der Waals surface area contributed by atoms with Crippen LogP contribution in [0.2, 0.25) is 0 Å². The molecule has 0 amide bonds. The topological polar surface area (TPSA) is 78.9 Å². The summed E-state index contributed by atoms with van der Waals surface area (Å²) in [5.74, 6) is 2.33. The second-order valence-electron chi connectivity index (χ2n) is 11.6. The normalized spacial score (nSPS) is 11.7. The van der Waals surface area contributed by atoms with Crippen molar-refractivity contribution in [2.75, 3.05) is 0 Å². The first-order chi connectivity index (χ1) is 21.4. The van der Waals surface area contributed by atoms with Crippen LogP contribution in [0.15, 0.2) is 102 Å². The number of para-hydroxylation sites is 2. The standard InChI is InChI=1S/C37H33N5O2/c1-22(2)25-10-6-11-26(23(3)4)34(25)42-21-20-38-36(42)31-15-9-17-33(41-31)43-32-16-8-14-30(40-32)29-13-7-12-27-28-19-18-24(5)39-37(28)44-35(27)29/h6-23H,1-5H3. The number of imidazole rings is 1. The van der Waals surface area contributed by atoms with Crippen LogP contribution >= 0.6 is 0 Å². The predicted molar refractivity (Wildman–Crippen MR) is 175 cm³/mol. The molecule has 0 radical (unpaired) electrons. The number of nitrogens with zero attached hydrogens (tertiary/aromatic N) is 5. The number of ether oxygens (including phenoxy) is 1. The lowest BCUT2D eigenvalue weighted by Gasteiger charge is -2.21. The fourth-order valence-electron chi connectivity index (χ4n) is 5.76. The lowest BCUT2D eigenvalue weighted by molar-refractivity contribution is 0.446. The van der Waals surface area contributed by atoms with Crippen LogP contribution in [0, 0.1) is 6.92 Å². The third-order valence-electron chi connectivity index (χ3n) is 7.89. The molecule has 0 saturated heterocycles. The number of hydrogen-bond donors (Lipinski definition) is 0. The Morgan fingerprint density at radius 3 is 2.07 bits per heavy atom. The van der Waals surface area contributed by atoms with E-state index in [9.17, 15) is 0 Å². The summed E-state index contributed by atoms with van der Waals surface area (Å²) in [6, 6.07) is 28.1. The molecule has 0 fully saturated rings. The molecule has 7 rings (SSSR count). The molecule has 0 bridgehead atoms. The molecule has 5 heterocycles. The summed E-state index contributed by atoms with van der Waals surface area (Å²) in [5.41, 5.74) is 8.32. The van der Waals surface area contributed by atoms with Crippen LogP contribution in [0.25, 0.3) is 50.5 Å². The molecule has 0 spiro atoms. The largest absolute Gasteiger partial charge is 0.437 e. The molecule has 44 heavy (non-hydrogen) atoms. The quantitative estimate of drug-likeness (QED) is 0.187. The summed E-state index contributed by atoms with van der Waals surface area (Å²) in [5, 5.41) is 1.98. The minimum Gasteiger partial charge on any atom is -0.437 e. The molecule has 7 aromatic rings. The smallest absolute Gasteiger partial charge is 0.227 e. The van der Waals surface area contributed by atoms with Gasteiger partial charge in [0, 0.05) is 46.6 Å². The van der Waals surface area contributed by atoms with Gasteiger partial charge in [-0.15, -0.1) is 0 Å². The van der Waals surface area contributed by atoms with Crippen LogP contribution in [0.3, 0.4) is 0 Å². The number of rotatable bonds is 7. The highest BCUT2D eigenvalue weighted by molar-refractivity contribution is 6.08. The number of aryl methyl sites for hydroxylation is 1. The van der Waals surface area contributed by atoms with Crippen molar-refractivity contribution in [3.63, 3.8) is 0 Å². The van der Waals surface area contributed by atoms with E-state index in [1.807, 2.05) is 80.0 Å². The van der Waals surface area contributed by atoms with E-state index in [-0.39, 0.29) is 0 Å². The number of furan rings is 1. The van der Waals surface area contributed by atoms with E-state index >= 15 is 0 Å². The molecule has 0 saturated carbocycles. The van der Waals surface area contributed by atoms with Crippen molar-refractivity contribution in [2.45, 2.75) is 46.5 Å². The van der Waals surface area contributed by atoms with Crippen LogP contribution < -0.4 is 4.74 Å². The Morgan fingerprint density at radius 1 is 0.682 bits per heavy atom. The highest BCUT2D eigenvalue weighted by Crippen LogP contribution is 2.36. The number of hydrogen-bond acceptors (Lipinski definition) is 6. The van der Waals surface area contributed by atoms with E-state index in [1.54, 1.807) is 0 Å². The molecule has 0 aliphatic carbocycles. The van der Waals surface area contributed by atoms with Crippen LogP contribution in [0.4, 0.5) is 0 Å². The van der Waals surface area contributed by atoms with E-state index in [4.69, 9.17) is 24.1 Å². The lowest BCUT2D eigenvalue weighted by Crippen LogP contribution is -2.08. The van der Waals surface area contributed by atoms with Gasteiger partial charge in [0.25, 0.3) is 0 Å². The van der Waals surface area contributed by atoms with Gasteiger partial charge < -0.3 is 9.15 Å². The van der Waals surface area contributed by atoms with Gasteiger partial charge in [0.2, 0.25) is 17.5 Å². The third kappa shape index (κ3) is 4.90. The Kier molecular flexibility index (Phi) is 6.93. The van der Waals surface area contributed by atoms with E-state index in [0.29, 0.717) is 35.0 Å². The Hall–Kier alpha value is -5.30. The average molecular weight is 580 g/mol. The first-order valence-corrected chi connectivity index (χ1v) is 15.0. The summed E-state index contributed by atoms with van der Waals surface area (Å²) in [7, 11) is 0. The number of pyridine rings is 3. The van der Waals surface area contributed by atoms with Crippen molar-refractivity contribution < 1.29 is 9.15 Å². The molecule has 0 atom stereocenters. The summed E-state index contributed by atoms with van der Waals surface area (Å²) in [6.45, 7) is 10.8. The Balaban J connectivity index is 1.24. The van der Waals surface area contributed by atoms with Crippen molar-refractivity contribution in [1.82, 2.24) is 24.5 Å². The van der Waals surface area contributed by atoms with E-state index in [2.05, 4.69) is 61.5 Å². The van der Waals surface area contributed by atoms with Crippen molar-refractivity contribution in [2.24, 2.45) is 0 Å². The van der Waals surface area contributed by atoms with Crippen LogP contribution in [-0.2, 0) is 0 Å². The zero-order valence-electron chi connectivity index (χ0n) is 25.4. The Bertz CT molecular complexity index is 2110. The van der Waals surface area contributed by atoms with Gasteiger partial charge in [-0.3, -0.25) is 4.57 Å². The molecular formula is C37H33N5O2. The second kappa shape index (κ2) is 11.1. The molecule has 0 unspecified atom stereocenters. The van der Waals surface area contributed by atoms with Gasteiger partial charge >= 0.3 is 0 Å². The third-order valence-corrected chi connectivity index (χ3v) is 7.89.